The van der Waals surface area contributed by atoms with E-state index in [9.17, 15) is 43.2 Å². The average Bonchev–Trinajstić information content (AvgIpc) is 3.03. The van der Waals surface area contributed by atoms with E-state index >= 15 is 4.39 Å². The Morgan fingerprint density at radius 3 is 1.26 bits per heavy atom. The average molecular weight is 777 g/mol. The summed E-state index contributed by atoms with van der Waals surface area (Å²) in [4.78, 5) is 112. The van der Waals surface area contributed by atoms with Crippen LogP contribution < -0.4 is 0 Å². The molecule has 54 heavy (non-hydrogen) atoms. The molecule has 0 saturated carbocycles. The van der Waals surface area contributed by atoms with Crippen molar-refractivity contribution in [3.8, 4) is 0 Å². The monoisotopic (exact) mass is 776 g/mol. The van der Waals surface area contributed by atoms with E-state index in [1.165, 1.54) is 0 Å². The highest BCUT2D eigenvalue weighted by Crippen LogP contribution is 2.36. The molecule has 2 saturated heterocycles. The molecule has 2 fully saturated rings. The summed E-state index contributed by atoms with van der Waals surface area (Å²) in [6, 6.07) is 0. The zero-order chi connectivity index (χ0) is 40.6. The van der Waals surface area contributed by atoms with Crippen LogP contribution in [-0.4, -0.2) is 145 Å². The first-order valence-corrected chi connectivity index (χ1v) is 16.2. The van der Waals surface area contributed by atoms with Gasteiger partial charge in [-0.15, -0.1) is 0 Å². The smallest absolute Gasteiger partial charge is 0.303 e. The minimum absolute atomic E-state index is 0.628. The van der Waals surface area contributed by atoms with E-state index in [0.717, 1.165) is 60.3 Å². The minimum atomic E-state index is -1.90. The second kappa shape index (κ2) is 18.6. The molecular weight excluding hydrogens is 735 g/mol. The van der Waals surface area contributed by atoms with Gasteiger partial charge in [-0.05, 0) is 0 Å². The summed E-state index contributed by atoms with van der Waals surface area (Å²) >= 11 is 0. The Hall–Kier alpha value is -5.38. The van der Waals surface area contributed by atoms with Crippen LogP contribution in [0.1, 0.15) is 55.4 Å². The van der Waals surface area contributed by atoms with E-state index in [2.05, 4.69) is 0 Å². The van der Waals surface area contributed by atoms with Crippen LogP contribution in [0, 0.1) is 0 Å². The molecule has 1 amide bonds. The lowest BCUT2D eigenvalue weighted by atomic mass is 9.95. The third-order valence-electron chi connectivity index (χ3n) is 7.63. The van der Waals surface area contributed by atoms with Crippen molar-refractivity contribution in [2.75, 3.05) is 19.9 Å². The molecular formula is C32H41FN2O19. The summed E-state index contributed by atoms with van der Waals surface area (Å²) in [5.41, 5.74) is 0. The Morgan fingerprint density at radius 2 is 0.889 bits per heavy atom. The molecule has 0 aromatic carbocycles. The highest BCUT2D eigenvalue weighted by molar-refractivity contribution is 5.92. The van der Waals surface area contributed by atoms with Crippen molar-refractivity contribution < 1.29 is 94.9 Å². The van der Waals surface area contributed by atoms with Crippen LogP contribution in [0.4, 0.5) is 4.39 Å². The van der Waals surface area contributed by atoms with Gasteiger partial charge < -0.3 is 52.3 Å². The molecule has 0 radical (unpaired) electrons. The van der Waals surface area contributed by atoms with Crippen LogP contribution in [0.5, 0.6) is 0 Å². The van der Waals surface area contributed by atoms with Crippen molar-refractivity contribution in [2.24, 2.45) is 0 Å². The molecule has 10 unspecified atom stereocenters. The molecule has 300 valence electrons. The molecule has 0 bridgehead atoms. The lowest BCUT2D eigenvalue weighted by Crippen LogP contribution is -2.70. The lowest BCUT2D eigenvalue weighted by molar-refractivity contribution is -0.291. The quantitative estimate of drug-likeness (QED) is 0.171. The van der Waals surface area contributed by atoms with Crippen molar-refractivity contribution >= 4 is 53.7 Å². The maximum absolute atomic E-state index is 15.8. The Bertz CT molecular complexity index is 1530. The fraction of sp³-hybridized carbons (Fsp3) is 0.656. The summed E-state index contributed by atoms with van der Waals surface area (Å²) in [5.74, 6) is -10.3. The highest BCUT2D eigenvalue weighted by Gasteiger charge is 2.58. The molecule has 3 rings (SSSR count). The van der Waals surface area contributed by atoms with Gasteiger partial charge in [0.2, 0.25) is 5.83 Å². The number of carbonyl (C=O) groups excluding carboxylic acids is 9. The molecule has 22 heteroatoms. The topological polar surface area (TPSA) is 252 Å². The number of ether oxygens (including phenoxy) is 10. The number of esters is 8. The first-order chi connectivity index (χ1) is 25.2. The van der Waals surface area contributed by atoms with E-state index in [4.69, 9.17) is 47.4 Å². The first kappa shape index (κ1) is 43.0. The lowest BCUT2D eigenvalue weighted by Gasteiger charge is -2.51. The van der Waals surface area contributed by atoms with Crippen LogP contribution >= 0.6 is 0 Å². The van der Waals surface area contributed by atoms with Gasteiger partial charge >= 0.3 is 47.8 Å². The zero-order valence-corrected chi connectivity index (χ0v) is 30.5. The second-order valence-electron chi connectivity index (χ2n) is 12.1. The summed E-state index contributed by atoms with van der Waals surface area (Å²) in [7, 11) is 0. The predicted octanol–water partition coefficient (Wildman–Crippen LogP) is -0.935. The fourth-order valence-electron chi connectivity index (χ4n) is 5.90. The van der Waals surface area contributed by atoms with E-state index in [0.29, 0.717) is 11.1 Å². The number of amides is 1. The van der Waals surface area contributed by atoms with Crippen molar-refractivity contribution in [3.05, 3.63) is 12.0 Å². The van der Waals surface area contributed by atoms with Gasteiger partial charge in [0.05, 0.1) is 6.67 Å². The molecule has 0 aromatic rings. The molecule has 3 aliphatic heterocycles. The Labute approximate surface area is 307 Å². The van der Waals surface area contributed by atoms with Gasteiger partial charge in [0.25, 0.3) is 5.91 Å². The molecule has 0 spiro atoms. The van der Waals surface area contributed by atoms with Gasteiger partial charge in [0.15, 0.2) is 49.1 Å². The van der Waals surface area contributed by atoms with Crippen molar-refractivity contribution in [3.63, 3.8) is 0 Å². The Balaban J connectivity index is 2.19. The summed E-state index contributed by atoms with van der Waals surface area (Å²) in [6.07, 6.45) is -16.1. The SMILES string of the molecule is CC(=O)OCC1OC(N2C=C(F)C(=O)N(C3OC(COC(C)=O)C(OC(C)=O)C(OC(C)=O)C3OC(C)=O)C2)C(OC(C)=O)C(OC(C)=O)C1OC(C)=O. The third-order valence-corrected chi connectivity index (χ3v) is 7.63. The number of hydrogen-bond acceptors (Lipinski definition) is 20. The van der Waals surface area contributed by atoms with Gasteiger partial charge in [0, 0.05) is 61.6 Å². The standard InChI is InChI=1S/C32H41FN2O19/c1-13(36)45-10-22-24(47-15(3)38)26(49-17(5)40)28(51-19(7)42)31(53-22)34-9-21(33)30(44)35(12-34)32-29(52-20(8)43)27(50-18(6)41)25(48-16(4)39)23(54-32)11-46-14(2)37/h9,22-29,31-32H,10-12H2,1-8H3. The van der Waals surface area contributed by atoms with Gasteiger partial charge in [-0.25, -0.2) is 0 Å². The fourth-order valence-corrected chi connectivity index (χ4v) is 5.90. The molecule has 3 heterocycles. The third kappa shape index (κ3) is 11.3. The summed E-state index contributed by atoms with van der Waals surface area (Å²) in [6.45, 7) is 5.94. The maximum Gasteiger partial charge on any atom is 0.303 e. The normalized spacial score (nSPS) is 29.4. The molecule has 21 nitrogen and oxygen atoms in total. The second-order valence-corrected chi connectivity index (χ2v) is 12.1. The number of nitrogens with zero attached hydrogens (tertiary/aromatic N) is 2. The van der Waals surface area contributed by atoms with Gasteiger partial charge in [0.1, 0.15) is 25.4 Å². The molecule has 0 aliphatic carbocycles. The van der Waals surface area contributed by atoms with E-state index < -0.39 is 141 Å². The summed E-state index contributed by atoms with van der Waals surface area (Å²) < 4.78 is 70.5. The van der Waals surface area contributed by atoms with Gasteiger partial charge in [-0.2, -0.15) is 4.39 Å². The van der Waals surface area contributed by atoms with Crippen LogP contribution in [0.15, 0.2) is 12.0 Å². The molecule has 10 atom stereocenters. The molecule has 0 aromatic heterocycles. The van der Waals surface area contributed by atoms with Crippen molar-refractivity contribution in [1.82, 2.24) is 9.80 Å². The summed E-state index contributed by atoms with van der Waals surface area (Å²) in [5, 5.41) is 0. The Kier molecular flexibility index (Phi) is 14.8. The first-order valence-electron chi connectivity index (χ1n) is 16.2. The zero-order valence-electron chi connectivity index (χ0n) is 30.5. The number of hydrogen-bond donors (Lipinski definition) is 0. The van der Waals surface area contributed by atoms with E-state index in [1.54, 1.807) is 0 Å². The molecule has 0 N–H and O–H groups in total. The van der Waals surface area contributed by atoms with Crippen LogP contribution in [0.2, 0.25) is 0 Å². The van der Waals surface area contributed by atoms with Crippen LogP contribution in [0.25, 0.3) is 0 Å². The van der Waals surface area contributed by atoms with E-state index in [1.807, 2.05) is 0 Å². The van der Waals surface area contributed by atoms with E-state index in [-0.39, 0.29) is 0 Å². The highest BCUT2D eigenvalue weighted by atomic mass is 19.1. The Morgan fingerprint density at radius 1 is 0.556 bits per heavy atom. The number of halogens is 1. The van der Waals surface area contributed by atoms with Crippen molar-refractivity contribution in [2.45, 2.75) is 117 Å². The van der Waals surface area contributed by atoms with Crippen molar-refractivity contribution in [1.29, 1.82) is 0 Å². The largest absolute Gasteiger partial charge is 0.463 e. The predicted molar refractivity (Wildman–Crippen MR) is 167 cm³/mol. The van der Waals surface area contributed by atoms with Crippen LogP contribution in [0.3, 0.4) is 0 Å². The minimum Gasteiger partial charge on any atom is -0.463 e. The number of carbonyl (C=O) groups is 9. The molecule has 3 aliphatic rings. The van der Waals surface area contributed by atoms with Gasteiger partial charge in [-0.3, -0.25) is 48.1 Å². The number of rotatable bonds is 12. The van der Waals surface area contributed by atoms with Crippen LogP contribution in [-0.2, 0) is 90.5 Å². The maximum atomic E-state index is 15.8. The van der Waals surface area contributed by atoms with Gasteiger partial charge in [-0.1, -0.05) is 0 Å².